The number of rotatable bonds is 4. The van der Waals surface area contributed by atoms with Crippen LogP contribution in [0.2, 0.25) is 5.28 Å². The first kappa shape index (κ1) is 17.8. The van der Waals surface area contributed by atoms with Crippen molar-refractivity contribution in [2.75, 3.05) is 25.1 Å². The van der Waals surface area contributed by atoms with Crippen molar-refractivity contribution < 1.29 is 24.8 Å². The third-order valence-corrected chi connectivity index (χ3v) is 5.00. The predicted molar refractivity (Wildman–Crippen MR) is 94.1 cm³/mol. The Labute approximate surface area is 154 Å². The fourth-order valence-electron chi connectivity index (χ4n) is 3.42. The number of nitrogens with zero attached hydrogens (tertiary/aromatic N) is 2. The molecule has 2 saturated heterocycles. The number of ether oxygens (including phenoxy) is 2. The Morgan fingerprint density at radius 2 is 2.08 bits per heavy atom. The second-order valence-electron chi connectivity index (χ2n) is 6.58. The van der Waals surface area contributed by atoms with Gasteiger partial charge in [0.25, 0.3) is 0 Å². The summed E-state index contributed by atoms with van der Waals surface area (Å²) in [6, 6.07) is 5.54. The second kappa shape index (κ2) is 7.22. The molecule has 0 radical (unpaired) electrons. The van der Waals surface area contributed by atoms with E-state index in [0.717, 1.165) is 11.8 Å². The number of anilines is 1. The number of nitrogens with one attached hydrogen (secondary N) is 1. The van der Waals surface area contributed by atoms with Gasteiger partial charge in [-0.2, -0.15) is 0 Å². The number of aromatic nitrogens is 2. The zero-order valence-electron chi connectivity index (χ0n) is 13.9. The third-order valence-electron chi connectivity index (χ3n) is 4.84. The lowest BCUT2D eigenvalue weighted by Crippen LogP contribution is -2.32. The number of hydrogen-bond donors (Lipinski definition) is 4. The minimum atomic E-state index is -1.14. The van der Waals surface area contributed by atoms with Crippen molar-refractivity contribution in [3.05, 3.63) is 29.0 Å². The van der Waals surface area contributed by atoms with Crippen LogP contribution in [0.1, 0.15) is 18.1 Å². The molecule has 4 rings (SSSR count). The van der Waals surface area contributed by atoms with Gasteiger partial charge >= 0.3 is 0 Å². The Bertz CT molecular complexity index is 801. The molecule has 140 valence electrons. The molecular formula is C17H20ClN3O5. The van der Waals surface area contributed by atoms with Gasteiger partial charge in [0.1, 0.15) is 30.2 Å². The van der Waals surface area contributed by atoms with Gasteiger partial charge in [0.05, 0.1) is 24.8 Å². The average molecular weight is 382 g/mol. The van der Waals surface area contributed by atoms with Gasteiger partial charge in [-0.1, -0.05) is 6.07 Å². The molecule has 2 fully saturated rings. The summed E-state index contributed by atoms with van der Waals surface area (Å²) < 4.78 is 11.0. The van der Waals surface area contributed by atoms with Crippen molar-refractivity contribution in [3.63, 3.8) is 0 Å². The van der Waals surface area contributed by atoms with Gasteiger partial charge in [0.2, 0.25) is 5.28 Å². The van der Waals surface area contributed by atoms with E-state index in [1.807, 2.05) is 6.07 Å². The van der Waals surface area contributed by atoms with E-state index >= 15 is 0 Å². The summed E-state index contributed by atoms with van der Waals surface area (Å²) in [4.78, 5) is 8.54. The Hall–Kier alpha value is -1.55. The summed E-state index contributed by atoms with van der Waals surface area (Å²) in [6.07, 6.45) is -2.95. The Kier molecular flexibility index (Phi) is 4.96. The van der Waals surface area contributed by atoms with E-state index < -0.39 is 24.4 Å². The zero-order valence-corrected chi connectivity index (χ0v) is 14.6. The molecule has 8 nitrogen and oxygen atoms in total. The predicted octanol–water partition coefficient (Wildman–Crippen LogP) is 0.638. The monoisotopic (exact) mass is 381 g/mol. The average Bonchev–Trinajstić information content (AvgIpc) is 3.23. The van der Waals surface area contributed by atoms with Gasteiger partial charge < -0.3 is 30.1 Å². The van der Waals surface area contributed by atoms with Crippen molar-refractivity contribution in [1.29, 1.82) is 0 Å². The normalized spacial score (nSPS) is 31.6. The summed E-state index contributed by atoms with van der Waals surface area (Å²) in [5.41, 5.74) is 1.24. The van der Waals surface area contributed by atoms with Crippen molar-refractivity contribution in [3.8, 4) is 0 Å². The number of fused-ring (bicyclic) bond motifs is 1. The van der Waals surface area contributed by atoms with Crippen LogP contribution in [0.15, 0.2) is 18.2 Å². The van der Waals surface area contributed by atoms with E-state index in [0.29, 0.717) is 30.1 Å². The van der Waals surface area contributed by atoms with E-state index in [9.17, 15) is 15.3 Å². The lowest BCUT2D eigenvalue weighted by Gasteiger charge is -2.17. The van der Waals surface area contributed by atoms with Crippen LogP contribution in [0.3, 0.4) is 0 Å². The quantitative estimate of drug-likeness (QED) is 0.570. The highest BCUT2D eigenvalue weighted by Crippen LogP contribution is 2.35. The van der Waals surface area contributed by atoms with Crippen molar-refractivity contribution in [2.45, 2.75) is 36.9 Å². The van der Waals surface area contributed by atoms with E-state index in [4.69, 9.17) is 21.1 Å². The Morgan fingerprint density at radius 3 is 2.77 bits per heavy atom. The molecule has 2 aromatic rings. The number of halogens is 1. The molecule has 5 atom stereocenters. The molecule has 0 aliphatic carbocycles. The van der Waals surface area contributed by atoms with Crippen LogP contribution in [0.25, 0.3) is 10.9 Å². The molecule has 0 bridgehead atoms. The number of benzene rings is 1. The molecule has 0 saturated carbocycles. The van der Waals surface area contributed by atoms with Gasteiger partial charge in [0, 0.05) is 12.0 Å². The van der Waals surface area contributed by atoms with E-state index in [2.05, 4.69) is 15.3 Å². The fraction of sp³-hybridized carbons (Fsp3) is 0.529. The van der Waals surface area contributed by atoms with Gasteiger partial charge in [-0.25, -0.2) is 9.97 Å². The van der Waals surface area contributed by atoms with E-state index in [-0.39, 0.29) is 17.9 Å². The first-order chi connectivity index (χ1) is 12.6. The highest BCUT2D eigenvalue weighted by Gasteiger charge is 2.43. The fourth-order valence-corrected chi connectivity index (χ4v) is 3.60. The highest BCUT2D eigenvalue weighted by atomic mass is 35.5. The second-order valence-corrected chi connectivity index (χ2v) is 6.92. The minimum Gasteiger partial charge on any atom is -0.394 e. The molecule has 2 aliphatic rings. The molecular weight excluding hydrogens is 362 g/mol. The molecule has 1 aromatic carbocycles. The first-order valence-corrected chi connectivity index (χ1v) is 8.88. The topological polar surface area (TPSA) is 117 Å². The van der Waals surface area contributed by atoms with Gasteiger partial charge in [-0.3, -0.25) is 0 Å². The van der Waals surface area contributed by atoms with Crippen molar-refractivity contribution >= 4 is 28.3 Å². The van der Waals surface area contributed by atoms with Gasteiger partial charge in [-0.15, -0.1) is 0 Å². The summed E-state index contributed by atoms with van der Waals surface area (Å²) >= 11 is 6.07. The lowest BCUT2D eigenvalue weighted by molar-refractivity contribution is -0.0227. The van der Waals surface area contributed by atoms with Crippen molar-refractivity contribution in [2.24, 2.45) is 0 Å². The molecule has 3 heterocycles. The van der Waals surface area contributed by atoms with Crippen LogP contribution < -0.4 is 5.32 Å². The Morgan fingerprint density at radius 1 is 1.23 bits per heavy atom. The molecule has 26 heavy (non-hydrogen) atoms. The zero-order chi connectivity index (χ0) is 18.3. The van der Waals surface area contributed by atoms with Crippen LogP contribution in [0, 0.1) is 0 Å². The lowest BCUT2D eigenvalue weighted by atomic mass is 10.0. The first-order valence-electron chi connectivity index (χ1n) is 8.50. The van der Waals surface area contributed by atoms with Gasteiger partial charge in [0.15, 0.2) is 0 Å². The summed E-state index contributed by atoms with van der Waals surface area (Å²) in [6.45, 7) is 0.960. The van der Waals surface area contributed by atoms with Gasteiger partial charge in [-0.05, 0) is 35.7 Å². The molecule has 0 unspecified atom stereocenters. The van der Waals surface area contributed by atoms with Crippen LogP contribution in [0.5, 0.6) is 0 Å². The van der Waals surface area contributed by atoms with Crippen molar-refractivity contribution in [1.82, 2.24) is 9.97 Å². The molecule has 4 N–H and O–H groups in total. The molecule has 0 spiro atoms. The maximum Gasteiger partial charge on any atom is 0.224 e. The molecule has 0 amide bonds. The maximum absolute atomic E-state index is 10.2. The molecule has 9 heteroatoms. The maximum atomic E-state index is 10.2. The highest BCUT2D eigenvalue weighted by molar-refractivity contribution is 6.28. The number of aliphatic hydroxyl groups is 3. The standard InChI is InChI=1S/C17H20ClN3O5/c18-17-20-11-5-8(15-14(24)13(23)12(6-22)26-15)1-2-10(11)16(21-17)19-9-3-4-25-7-9/h1-2,5,9,12-15,22-24H,3-4,6-7H2,(H,19,20,21)/t9-,12-,13-,14-,15+/m1/s1. The van der Waals surface area contributed by atoms with Crippen LogP contribution in [-0.4, -0.2) is 69.5 Å². The Balaban J connectivity index is 1.67. The molecule has 2 aliphatic heterocycles. The number of hydrogen-bond acceptors (Lipinski definition) is 8. The summed E-state index contributed by atoms with van der Waals surface area (Å²) in [5.74, 6) is 0.628. The smallest absolute Gasteiger partial charge is 0.224 e. The molecule has 1 aromatic heterocycles. The van der Waals surface area contributed by atoms with Crippen LogP contribution in [-0.2, 0) is 9.47 Å². The third kappa shape index (κ3) is 3.24. The van der Waals surface area contributed by atoms with Crippen LogP contribution in [0.4, 0.5) is 5.82 Å². The van der Waals surface area contributed by atoms with E-state index in [1.165, 1.54) is 0 Å². The largest absolute Gasteiger partial charge is 0.394 e. The minimum absolute atomic E-state index is 0.109. The summed E-state index contributed by atoms with van der Waals surface area (Å²) in [5, 5.41) is 33.6. The summed E-state index contributed by atoms with van der Waals surface area (Å²) in [7, 11) is 0. The SMILES string of the molecule is OC[C@H]1O[C@@H](c2ccc3c(N[C@@H]4CCOC4)nc(Cl)nc3c2)[C@H](O)[C@@H]1O. The number of aliphatic hydroxyl groups excluding tert-OH is 3. The van der Waals surface area contributed by atoms with Crippen LogP contribution >= 0.6 is 11.6 Å². The van der Waals surface area contributed by atoms with E-state index in [1.54, 1.807) is 12.1 Å².